The molecule has 10 nitrogen and oxygen atoms in total. The number of halogens is 2. The average Bonchev–Trinajstić information content (AvgIpc) is 3.55. The summed E-state index contributed by atoms with van der Waals surface area (Å²) in [7, 11) is 0. The Labute approximate surface area is 293 Å². The number of nitrogens with two attached hydrogens (primary N) is 1. The number of phenols is 1. The van der Waals surface area contributed by atoms with Gasteiger partial charge in [-0.25, -0.2) is 9.59 Å². The van der Waals surface area contributed by atoms with Gasteiger partial charge in [0.2, 0.25) is 0 Å². The summed E-state index contributed by atoms with van der Waals surface area (Å²) in [6, 6.07) is 20.3. The van der Waals surface area contributed by atoms with E-state index < -0.39 is 16.9 Å². The van der Waals surface area contributed by atoms with Crippen molar-refractivity contribution < 1.29 is 13.9 Å². The number of anilines is 1. The van der Waals surface area contributed by atoms with E-state index in [1.807, 2.05) is 24.3 Å². The Balaban J connectivity index is 0.000000325. The molecule has 0 aliphatic heterocycles. The number of benzene rings is 4. The minimum atomic E-state index is -0.570. The Morgan fingerprint density at radius 3 is 1.88 bits per heavy atom. The zero-order valence-electron chi connectivity index (χ0n) is 28.4. The highest BCUT2D eigenvalue weighted by atomic mass is 35.5. The fraction of sp³-hybridized carbons (Fsp3) is 0.297. The number of phenolic OH excluding ortho intramolecular Hbond substituents is 1. The molecule has 0 radical (unpaired) electrons. The van der Waals surface area contributed by atoms with Gasteiger partial charge < -0.3 is 19.7 Å². The van der Waals surface area contributed by atoms with E-state index in [0.717, 1.165) is 23.1 Å². The molecule has 256 valence electrons. The minimum absolute atomic E-state index is 0.0679. The molecule has 0 fully saturated rings. The zero-order chi connectivity index (χ0) is 35.9. The number of aromatic amines is 2. The SMILES string of the molecule is CC(C)(C)CC(C)(C)c1cc(N=Nc2cc3oc(=O)[nH]c3cc2Cl)c(O)c(C(C)(C)c2ccccc2)c1.Nc1cc2oc(=O)[nH]c2cc1Cl. The molecule has 4 aromatic carbocycles. The van der Waals surface area contributed by atoms with E-state index in [-0.39, 0.29) is 16.6 Å². The smallest absolute Gasteiger partial charge is 0.417 e. The molecule has 0 bridgehead atoms. The molecular weight excluding hydrogens is 665 g/mol. The second kappa shape index (κ2) is 13.2. The second-order valence-corrected chi connectivity index (χ2v) is 15.2. The van der Waals surface area contributed by atoms with Gasteiger partial charge in [-0.1, -0.05) is 108 Å². The molecule has 0 spiro atoms. The van der Waals surface area contributed by atoms with Crippen LogP contribution in [0.1, 0.15) is 71.6 Å². The maximum absolute atomic E-state index is 11.6. The maximum Gasteiger partial charge on any atom is 0.417 e. The number of aromatic nitrogens is 2. The number of hydrogen-bond donors (Lipinski definition) is 4. The third kappa shape index (κ3) is 7.92. The van der Waals surface area contributed by atoms with Crippen molar-refractivity contribution in [2.45, 2.75) is 65.7 Å². The Kier molecular flexibility index (Phi) is 9.60. The van der Waals surface area contributed by atoms with Crippen LogP contribution in [0.4, 0.5) is 17.1 Å². The van der Waals surface area contributed by atoms with Gasteiger partial charge in [-0.05, 0) is 46.6 Å². The van der Waals surface area contributed by atoms with Crippen LogP contribution in [-0.4, -0.2) is 15.1 Å². The van der Waals surface area contributed by atoms with Gasteiger partial charge in [-0.3, -0.25) is 9.97 Å². The number of H-pyrrole nitrogens is 2. The summed E-state index contributed by atoms with van der Waals surface area (Å²) < 4.78 is 9.90. The molecule has 2 heterocycles. The molecule has 0 atom stereocenters. The van der Waals surface area contributed by atoms with E-state index in [1.165, 1.54) is 6.07 Å². The predicted octanol–water partition coefficient (Wildman–Crippen LogP) is 10.3. The van der Waals surface area contributed by atoms with Crippen LogP contribution in [0.25, 0.3) is 22.2 Å². The summed E-state index contributed by atoms with van der Waals surface area (Å²) in [4.78, 5) is 27.3. The topological polar surface area (TPSA) is 163 Å². The van der Waals surface area contributed by atoms with Crippen LogP contribution in [0, 0.1) is 5.41 Å². The Morgan fingerprint density at radius 2 is 1.29 bits per heavy atom. The average molecular weight is 705 g/mol. The van der Waals surface area contributed by atoms with E-state index in [4.69, 9.17) is 37.8 Å². The summed E-state index contributed by atoms with van der Waals surface area (Å²) in [5.74, 6) is -1.01. The molecule has 49 heavy (non-hydrogen) atoms. The van der Waals surface area contributed by atoms with Crippen LogP contribution in [0.15, 0.2) is 95.4 Å². The predicted molar refractivity (Wildman–Crippen MR) is 196 cm³/mol. The van der Waals surface area contributed by atoms with Crippen LogP contribution in [0.2, 0.25) is 10.0 Å². The molecule has 0 saturated heterocycles. The van der Waals surface area contributed by atoms with Crippen molar-refractivity contribution in [3.05, 3.63) is 115 Å². The number of nitrogen functional groups attached to an aromatic ring is 1. The van der Waals surface area contributed by atoms with E-state index >= 15 is 0 Å². The quantitative estimate of drug-likeness (QED) is 0.0996. The Morgan fingerprint density at radius 1 is 0.735 bits per heavy atom. The fourth-order valence-electron chi connectivity index (χ4n) is 6.13. The number of nitrogens with one attached hydrogen (secondary N) is 2. The zero-order valence-corrected chi connectivity index (χ0v) is 29.9. The van der Waals surface area contributed by atoms with E-state index in [0.29, 0.717) is 49.3 Å². The summed E-state index contributed by atoms with van der Waals surface area (Å²) in [5, 5.41) is 21.0. The molecule has 5 N–H and O–H groups in total. The van der Waals surface area contributed by atoms with Gasteiger partial charge in [0.25, 0.3) is 0 Å². The molecule has 0 unspecified atom stereocenters. The van der Waals surface area contributed by atoms with Crippen molar-refractivity contribution >= 4 is 62.5 Å². The standard InChI is InChI=1S/C30H34ClN3O3.C7H5ClN2O2/c1-28(2,3)17-29(4,5)19-13-20(30(6,7)18-11-9-8-10-12-18)26(35)24(14-19)34-33-22-16-25-23(15-21(22)31)32-27(36)37-25;8-3-1-5-6(2-4(3)9)12-7(11)10-5/h8-16,35H,17H2,1-7H3,(H,32,36);1-2H,9H2,(H,10,11). The first-order valence-corrected chi connectivity index (χ1v) is 16.4. The van der Waals surface area contributed by atoms with Crippen molar-refractivity contribution in [1.29, 1.82) is 0 Å². The van der Waals surface area contributed by atoms with E-state index in [9.17, 15) is 14.7 Å². The lowest BCUT2D eigenvalue weighted by molar-refractivity contribution is 0.283. The molecule has 6 rings (SSSR count). The monoisotopic (exact) mass is 703 g/mol. The van der Waals surface area contributed by atoms with Gasteiger partial charge in [-0.2, -0.15) is 0 Å². The molecule has 12 heteroatoms. The lowest BCUT2D eigenvalue weighted by atomic mass is 9.70. The van der Waals surface area contributed by atoms with Crippen molar-refractivity contribution in [3.8, 4) is 5.75 Å². The third-order valence-corrected chi connectivity index (χ3v) is 8.93. The van der Waals surface area contributed by atoms with Crippen LogP contribution in [-0.2, 0) is 10.8 Å². The fourth-order valence-corrected chi connectivity index (χ4v) is 6.50. The first kappa shape index (κ1) is 35.5. The Bertz CT molecular complexity index is 2250. The summed E-state index contributed by atoms with van der Waals surface area (Å²) >= 11 is 12.1. The number of oxazole rings is 2. The van der Waals surface area contributed by atoms with Gasteiger partial charge in [0.05, 0.1) is 26.8 Å². The highest BCUT2D eigenvalue weighted by Gasteiger charge is 2.33. The molecular formula is C37H39Cl2N5O5. The minimum Gasteiger partial charge on any atom is -0.505 e. The summed E-state index contributed by atoms with van der Waals surface area (Å²) in [5.41, 5.74) is 10.7. The number of nitrogens with zero attached hydrogens (tertiary/aromatic N) is 2. The van der Waals surface area contributed by atoms with Crippen molar-refractivity contribution in [2.75, 3.05) is 5.73 Å². The highest BCUT2D eigenvalue weighted by Crippen LogP contribution is 2.47. The normalized spacial score (nSPS) is 12.5. The number of fused-ring (bicyclic) bond motifs is 2. The number of hydrogen-bond acceptors (Lipinski definition) is 8. The lowest BCUT2D eigenvalue weighted by Gasteiger charge is -2.35. The summed E-state index contributed by atoms with van der Waals surface area (Å²) in [6.07, 6.45) is 0.932. The molecule has 6 aromatic rings. The molecule has 2 aromatic heterocycles. The molecule has 0 amide bonds. The van der Waals surface area contributed by atoms with Crippen LogP contribution >= 0.6 is 23.2 Å². The van der Waals surface area contributed by atoms with Crippen LogP contribution < -0.4 is 17.2 Å². The third-order valence-electron chi connectivity index (χ3n) is 8.30. The van der Waals surface area contributed by atoms with Gasteiger partial charge in [0, 0.05) is 23.1 Å². The molecule has 0 aliphatic rings. The van der Waals surface area contributed by atoms with Gasteiger partial charge >= 0.3 is 11.5 Å². The van der Waals surface area contributed by atoms with Gasteiger partial charge in [0.15, 0.2) is 11.2 Å². The highest BCUT2D eigenvalue weighted by molar-refractivity contribution is 6.34. The molecule has 0 saturated carbocycles. The largest absolute Gasteiger partial charge is 0.505 e. The van der Waals surface area contributed by atoms with Crippen molar-refractivity contribution in [2.24, 2.45) is 15.6 Å². The Hall–Kier alpha value is -4.80. The first-order chi connectivity index (χ1) is 22.8. The van der Waals surface area contributed by atoms with Crippen molar-refractivity contribution in [1.82, 2.24) is 9.97 Å². The van der Waals surface area contributed by atoms with Crippen molar-refractivity contribution in [3.63, 3.8) is 0 Å². The van der Waals surface area contributed by atoms with Crippen LogP contribution in [0.3, 0.4) is 0 Å². The maximum atomic E-state index is 11.6. The lowest BCUT2D eigenvalue weighted by Crippen LogP contribution is -2.26. The first-order valence-electron chi connectivity index (χ1n) is 15.6. The summed E-state index contributed by atoms with van der Waals surface area (Å²) in [6.45, 7) is 15.3. The van der Waals surface area contributed by atoms with E-state index in [1.54, 1.807) is 18.2 Å². The number of rotatable bonds is 6. The van der Waals surface area contributed by atoms with Crippen LogP contribution in [0.5, 0.6) is 5.75 Å². The van der Waals surface area contributed by atoms with Gasteiger partial charge in [-0.15, -0.1) is 10.2 Å². The second-order valence-electron chi connectivity index (χ2n) is 14.4. The van der Waals surface area contributed by atoms with Gasteiger partial charge in [0.1, 0.15) is 17.1 Å². The molecule has 0 aliphatic carbocycles. The number of aromatic hydroxyl groups is 1. The van der Waals surface area contributed by atoms with E-state index in [2.05, 4.69) is 86.9 Å². The number of azo groups is 1.